The second-order valence-electron chi connectivity index (χ2n) is 6.04. The molecule has 1 amide bonds. The summed E-state index contributed by atoms with van der Waals surface area (Å²) in [7, 11) is 0. The predicted octanol–water partition coefficient (Wildman–Crippen LogP) is 4.27. The molecule has 3 aromatic carbocycles. The van der Waals surface area contributed by atoms with E-state index in [0.717, 1.165) is 27.4 Å². The maximum absolute atomic E-state index is 11.9. The maximum atomic E-state index is 11.9. The summed E-state index contributed by atoms with van der Waals surface area (Å²) < 4.78 is 2.08. The molecule has 0 unspecified atom stereocenters. The number of benzene rings is 3. The number of carbonyl (C=O) groups excluding carboxylic acids is 1. The summed E-state index contributed by atoms with van der Waals surface area (Å²) in [6.45, 7) is 0.572. The first kappa shape index (κ1) is 16.2. The van der Waals surface area contributed by atoms with Crippen LogP contribution in [0.5, 0.6) is 0 Å². The van der Waals surface area contributed by atoms with Gasteiger partial charge in [0.2, 0.25) is 5.91 Å². The van der Waals surface area contributed by atoms with Crippen molar-refractivity contribution in [3.05, 3.63) is 82.4 Å². The molecule has 0 aliphatic carbocycles. The Kier molecular flexibility index (Phi) is 3.87. The van der Waals surface area contributed by atoms with E-state index in [1.54, 1.807) is 24.3 Å². The van der Waals surface area contributed by atoms with E-state index in [1.165, 1.54) is 0 Å². The van der Waals surface area contributed by atoms with Crippen molar-refractivity contribution in [2.75, 3.05) is 0 Å². The first-order chi connectivity index (χ1) is 12.6. The van der Waals surface area contributed by atoms with Gasteiger partial charge in [-0.15, -0.1) is 0 Å². The largest absolute Gasteiger partial charge is 0.366 e. The smallest absolute Gasteiger partial charge is 0.249 e. The lowest BCUT2D eigenvalue weighted by Crippen LogP contribution is -2.11. The van der Waals surface area contributed by atoms with Gasteiger partial charge in [0, 0.05) is 27.9 Å². The van der Waals surface area contributed by atoms with Gasteiger partial charge in [-0.1, -0.05) is 29.8 Å². The molecule has 0 atom stereocenters. The highest BCUT2D eigenvalue weighted by Gasteiger charge is 2.17. The van der Waals surface area contributed by atoms with Crippen LogP contribution in [0, 0.1) is 17.4 Å². The van der Waals surface area contributed by atoms with E-state index in [2.05, 4.69) is 16.7 Å². The average molecular weight is 359 g/mol. The van der Waals surface area contributed by atoms with Crippen LogP contribution >= 0.6 is 11.6 Å². The minimum Gasteiger partial charge on any atom is -0.366 e. The van der Waals surface area contributed by atoms with E-state index in [0.29, 0.717) is 22.7 Å². The first-order valence-electron chi connectivity index (χ1n) is 7.99. The number of primary amides is 1. The lowest BCUT2D eigenvalue weighted by molar-refractivity contribution is 0.100. The predicted molar refractivity (Wildman–Crippen MR) is 102 cm³/mol. The Morgan fingerprint density at radius 2 is 1.96 bits per heavy atom. The fourth-order valence-electron chi connectivity index (χ4n) is 3.27. The van der Waals surface area contributed by atoms with Crippen LogP contribution in [0.25, 0.3) is 21.8 Å². The van der Waals surface area contributed by atoms with Crippen LogP contribution in [0.4, 0.5) is 0 Å². The van der Waals surface area contributed by atoms with Gasteiger partial charge < -0.3 is 10.3 Å². The molecule has 4 nitrogen and oxygen atoms in total. The van der Waals surface area contributed by atoms with Crippen LogP contribution in [0.3, 0.4) is 0 Å². The number of hydrogen-bond acceptors (Lipinski definition) is 2. The third kappa shape index (κ3) is 2.59. The van der Waals surface area contributed by atoms with E-state index in [9.17, 15) is 4.79 Å². The van der Waals surface area contributed by atoms with Crippen LogP contribution in [-0.2, 0) is 6.54 Å². The zero-order valence-electron chi connectivity index (χ0n) is 13.7. The van der Waals surface area contributed by atoms with E-state index in [4.69, 9.17) is 22.6 Å². The summed E-state index contributed by atoms with van der Waals surface area (Å²) in [5.41, 5.74) is 9.46. The number of hydrogen-bond donors (Lipinski definition) is 1. The Balaban J connectivity index is 2.00. The fourth-order valence-corrected chi connectivity index (χ4v) is 3.43. The van der Waals surface area contributed by atoms with Crippen molar-refractivity contribution in [1.82, 2.24) is 4.57 Å². The molecule has 4 aromatic rings. The van der Waals surface area contributed by atoms with Gasteiger partial charge >= 0.3 is 0 Å². The van der Waals surface area contributed by atoms with Crippen molar-refractivity contribution < 1.29 is 4.79 Å². The number of carbonyl (C=O) groups is 1. The highest BCUT2D eigenvalue weighted by atomic mass is 35.5. The summed E-state index contributed by atoms with van der Waals surface area (Å²) in [4.78, 5) is 11.9. The third-order valence-electron chi connectivity index (χ3n) is 4.45. The summed E-state index contributed by atoms with van der Waals surface area (Å²) in [6, 6.07) is 21.8. The van der Waals surface area contributed by atoms with Crippen molar-refractivity contribution in [3.8, 4) is 6.07 Å². The molecule has 4 rings (SSSR count). The van der Waals surface area contributed by atoms with Crippen LogP contribution in [-0.4, -0.2) is 10.5 Å². The second-order valence-corrected chi connectivity index (χ2v) is 6.47. The number of halogens is 1. The molecule has 1 radical (unpaired) electrons. The fraction of sp³-hybridized carbons (Fsp3) is 0.0476. The lowest BCUT2D eigenvalue weighted by atomic mass is 10.1. The van der Waals surface area contributed by atoms with Crippen LogP contribution in [0.1, 0.15) is 21.5 Å². The van der Waals surface area contributed by atoms with Crippen molar-refractivity contribution >= 4 is 39.3 Å². The van der Waals surface area contributed by atoms with E-state index in [1.807, 2.05) is 30.3 Å². The van der Waals surface area contributed by atoms with Crippen molar-refractivity contribution in [2.45, 2.75) is 6.54 Å². The van der Waals surface area contributed by atoms with Gasteiger partial charge in [0.1, 0.15) is 0 Å². The van der Waals surface area contributed by atoms with Gasteiger partial charge in [-0.25, -0.2) is 0 Å². The van der Waals surface area contributed by atoms with Crippen molar-refractivity contribution in [2.24, 2.45) is 5.73 Å². The van der Waals surface area contributed by atoms with Crippen LogP contribution < -0.4 is 5.73 Å². The van der Waals surface area contributed by atoms with Crippen LogP contribution in [0.15, 0.2) is 54.6 Å². The zero-order chi connectivity index (χ0) is 18.3. The molecule has 0 saturated heterocycles. The number of nitrogens with two attached hydrogens (primary N) is 1. The minimum atomic E-state index is -0.476. The summed E-state index contributed by atoms with van der Waals surface area (Å²) >= 11 is 6.19. The van der Waals surface area contributed by atoms with Gasteiger partial charge in [0.05, 0.1) is 22.7 Å². The minimum absolute atomic E-state index is 0.463. The standard InChI is InChI=1S/C21H13ClN3O/c22-15-8-9-16-19(10-15)25(12-14-6-4-13(11-23)5-7-14)18-3-1-2-17(20(16)18)21(24)26/h1-8,10H,12H2,(H2,24,26). The Morgan fingerprint density at radius 3 is 2.65 bits per heavy atom. The molecule has 0 saturated carbocycles. The Bertz CT molecular complexity index is 1200. The van der Waals surface area contributed by atoms with Crippen molar-refractivity contribution in [1.29, 1.82) is 5.26 Å². The molecular formula is C21H13ClN3O. The maximum Gasteiger partial charge on any atom is 0.249 e. The first-order valence-corrected chi connectivity index (χ1v) is 8.37. The summed E-state index contributed by atoms with van der Waals surface area (Å²) in [5.74, 6) is -0.476. The number of aromatic nitrogens is 1. The summed E-state index contributed by atoms with van der Waals surface area (Å²) in [6.07, 6.45) is 0. The van der Waals surface area contributed by atoms with Crippen LogP contribution in [0.2, 0.25) is 5.02 Å². The molecular weight excluding hydrogens is 346 g/mol. The highest BCUT2D eigenvalue weighted by molar-refractivity contribution is 6.31. The molecule has 26 heavy (non-hydrogen) atoms. The molecule has 0 aliphatic rings. The number of fused-ring (bicyclic) bond motifs is 3. The van der Waals surface area contributed by atoms with Crippen molar-refractivity contribution in [3.63, 3.8) is 0 Å². The van der Waals surface area contributed by atoms with Gasteiger partial charge in [-0.3, -0.25) is 4.79 Å². The van der Waals surface area contributed by atoms with Gasteiger partial charge in [0.15, 0.2) is 0 Å². The van der Waals surface area contributed by atoms with Gasteiger partial charge in [-0.2, -0.15) is 5.26 Å². The molecule has 5 heteroatoms. The van der Waals surface area contributed by atoms with Gasteiger partial charge in [-0.05, 0) is 48.0 Å². The third-order valence-corrected chi connectivity index (χ3v) is 4.67. The molecule has 2 N–H and O–H groups in total. The Labute approximate surface area is 155 Å². The van der Waals surface area contributed by atoms with E-state index in [-0.39, 0.29) is 0 Å². The molecule has 1 heterocycles. The molecule has 0 aliphatic heterocycles. The molecule has 0 spiro atoms. The zero-order valence-corrected chi connectivity index (χ0v) is 14.4. The second kappa shape index (κ2) is 6.21. The average Bonchev–Trinajstić information content (AvgIpc) is 2.95. The molecule has 125 valence electrons. The molecule has 0 fully saturated rings. The molecule has 1 aromatic heterocycles. The lowest BCUT2D eigenvalue weighted by Gasteiger charge is -2.08. The number of nitriles is 1. The van der Waals surface area contributed by atoms with E-state index >= 15 is 0 Å². The Hall–Kier alpha value is -3.29. The number of rotatable bonds is 3. The highest BCUT2D eigenvalue weighted by Crippen LogP contribution is 2.33. The normalized spacial score (nSPS) is 10.9. The van der Waals surface area contributed by atoms with Gasteiger partial charge in [0.25, 0.3) is 0 Å². The topological polar surface area (TPSA) is 71.8 Å². The number of amides is 1. The molecule has 0 bridgehead atoms. The Morgan fingerprint density at radius 1 is 1.19 bits per heavy atom. The SMILES string of the molecule is N#Cc1ccc(Cn2c3cc(Cl)c[c]c3c3c(C(N)=O)cccc32)cc1. The van der Waals surface area contributed by atoms with E-state index < -0.39 is 5.91 Å². The monoisotopic (exact) mass is 358 g/mol. The number of nitrogens with zero attached hydrogens (tertiary/aromatic N) is 2. The quantitative estimate of drug-likeness (QED) is 0.594. The summed E-state index contributed by atoms with van der Waals surface area (Å²) in [5, 5.41) is 11.1.